The average molecular weight is 231 g/mol. The highest BCUT2D eigenvalue weighted by molar-refractivity contribution is 9.10. The molecule has 0 unspecified atom stereocenters. The minimum atomic E-state index is -0.275. The first-order valence-electron chi connectivity index (χ1n) is 3.59. The van der Waals surface area contributed by atoms with Crippen LogP contribution in [0.4, 0.5) is 0 Å². The molecule has 2 nitrogen and oxygen atoms in total. The van der Waals surface area contributed by atoms with E-state index in [9.17, 15) is 0 Å². The standard InChI is InChI=1S/C9H11BrO2/c1-11-9(12-2)7-4-3-5-8(10)6-7/h3-6,9H,1-2H3. The lowest BCUT2D eigenvalue weighted by molar-refractivity contribution is -0.106. The van der Waals surface area contributed by atoms with Gasteiger partial charge >= 0.3 is 0 Å². The van der Waals surface area contributed by atoms with Gasteiger partial charge in [-0.3, -0.25) is 0 Å². The molecular formula is C9H11BrO2. The third-order valence-corrected chi connectivity index (χ3v) is 2.04. The fraction of sp³-hybridized carbons (Fsp3) is 0.333. The number of methoxy groups -OCH3 is 2. The Bertz CT molecular complexity index is 246. The fourth-order valence-corrected chi connectivity index (χ4v) is 1.44. The van der Waals surface area contributed by atoms with Gasteiger partial charge in [0.15, 0.2) is 6.29 Å². The Morgan fingerprint density at radius 1 is 1.25 bits per heavy atom. The van der Waals surface area contributed by atoms with E-state index in [1.807, 2.05) is 24.3 Å². The van der Waals surface area contributed by atoms with Crippen molar-refractivity contribution in [3.05, 3.63) is 34.3 Å². The van der Waals surface area contributed by atoms with E-state index in [2.05, 4.69) is 15.9 Å². The summed E-state index contributed by atoms with van der Waals surface area (Å²) in [6.07, 6.45) is -0.275. The summed E-state index contributed by atoms with van der Waals surface area (Å²) in [5.74, 6) is 0. The van der Waals surface area contributed by atoms with Crippen molar-refractivity contribution in [1.29, 1.82) is 0 Å². The van der Waals surface area contributed by atoms with E-state index >= 15 is 0 Å². The normalized spacial score (nSPS) is 10.7. The second-order valence-corrected chi connectivity index (χ2v) is 3.27. The maximum atomic E-state index is 5.10. The number of halogens is 1. The second kappa shape index (κ2) is 4.60. The number of hydrogen-bond acceptors (Lipinski definition) is 2. The molecule has 0 N–H and O–H groups in total. The predicted octanol–water partition coefficient (Wildman–Crippen LogP) is 2.74. The van der Waals surface area contributed by atoms with Crippen LogP contribution in [0.5, 0.6) is 0 Å². The molecule has 0 spiro atoms. The van der Waals surface area contributed by atoms with E-state index in [0.29, 0.717) is 0 Å². The predicted molar refractivity (Wildman–Crippen MR) is 50.9 cm³/mol. The smallest absolute Gasteiger partial charge is 0.183 e. The van der Waals surface area contributed by atoms with E-state index in [-0.39, 0.29) is 6.29 Å². The molecule has 0 saturated heterocycles. The molecule has 0 fully saturated rings. The fourth-order valence-electron chi connectivity index (χ4n) is 1.02. The van der Waals surface area contributed by atoms with Crippen LogP contribution >= 0.6 is 15.9 Å². The number of benzene rings is 1. The van der Waals surface area contributed by atoms with Gasteiger partial charge in [0.05, 0.1) is 0 Å². The SMILES string of the molecule is COC(OC)c1cccc(Br)c1. The molecule has 1 aromatic carbocycles. The van der Waals surface area contributed by atoms with Gasteiger partial charge < -0.3 is 9.47 Å². The summed E-state index contributed by atoms with van der Waals surface area (Å²) in [5.41, 5.74) is 1.01. The molecule has 66 valence electrons. The lowest BCUT2D eigenvalue weighted by atomic mass is 10.2. The lowest BCUT2D eigenvalue weighted by Crippen LogP contribution is -2.02. The monoisotopic (exact) mass is 230 g/mol. The van der Waals surface area contributed by atoms with Crippen LogP contribution in [0.25, 0.3) is 0 Å². The number of ether oxygens (including phenoxy) is 2. The van der Waals surface area contributed by atoms with Crippen molar-refractivity contribution < 1.29 is 9.47 Å². The Balaban J connectivity index is 2.85. The first-order chi connectivity index (χ1) is 5.77. The van der Waals surface area contributed by atoms with Crippen LogP contribution in [-0.2, 0) is 9.47 Å². The second-order valence-electron chi connectivity index (χ2n) is 2.36. The van der Waals surface area contributed by atoms with E-state index in [1.165, 1.54) is 0 Å². The molecule has 0 amide bonds. The molecule has 0 atom stereocenters. The van der Waals surface area contributed by atoms with E-state index in [4.69, 9.17) is 9.47 Å². The summed E-state index contributed by atoms with van der Waals surface area (Å²) < 4.78 is 11.2. The lowest BCUT2D eigenvalue weighted by Gasteiger charge is -2.13. The van der Waals surface area contributed by atoms with Gasteiger partial charge in [-0.15, -0.1) is 0 Å². The first kappa shape index (κ1) is 9.71. The summed E-state index contributed by atoms with van der Waals surface area (Å²) in [7, 11) is 3.24. The molecular weight excluding hydrogens is 220 g/mol. The summed E-state index contributed by atoms with van der Waals surface area (Å²) in [4.78, 5) is 0. The average Bonchev–Trinajstić information content (AvgIpc) is 2.07. The minimum Gasteiger partial charge on any atom is -0.352 e. The minimum absolute atomic E-state index is 0.275. The van der Waals surface area contributed by atoms with Gasteiger partial charge in [-0.2, -0.15) is 0 Å². The Morgan fingerprint density at radius 3 is 2.42 bits per heavy atom. The highest BCUT2D eigenvalue weighted by Crippen LogP contribution is 2.20. The molecule has 0 aliphatic heterocycles. The molecule has 1 aromatic rings. The molecule has 0 bridgehead atoms. The van der Waals surface area contributed by atoms with Crippen molar-refractivity contribution >= 4 is 15.9 Å². The maximum absolute atomic E-state index is 5.10. The largest absolute Gasteiger partial charge is 0.352 e. The molecule has 12 heavy (non-hydrogen) atoms. The Hall–Kier alpha value is -0.380. The van der Waals surface area contributed by atoms with Crippen LogP contribution in [-0.4, -0.2) is 14.2 Å². The van der Waals surface area contributed by atoms with Gasteiger partial charge in [0.2, 0.25) is 0 Å². The van der Waals surface area contributed by atoms with E-state index < -0.39 is 0 Å². The summed E-state index contributed by atoms with van der Waals surface area (Å²) in [5, 5.41) is 0. The first-order valence-corrected chi connectivity index (χ1v) is 4.38. The maximum Gasteiger partial charge on any atom is 0.183 e. The molecule has 1 rings (SSSR count). The van der Waals surface area contributed by atoms with Crippen LogP contribution in [0.3, 0.4) is 0 Å². The van der Waals surface area contributed by atoms with E-state index in [1.54, 1.807) is 14.2 Å². The number of hydrogen-bond donors (Lipinski definition) is 0. The summed E-state index contributed by atoms with van der Waals surface area (Å²) >= 11 is 3.38. The van der Waals surface area contributed by atoms with Gasteiger partial charge in [-0.1, -0.05) is 28.1 Å². The topological polar surface area (TPSA) is 18.5 Å². The zero-order valence-electron chi connectivity index (χ0n) is 7.08. The van der Waals surface area contributed by atoms with E-state index in [0.717, 1.165) is 10.0 Å². The zero-order valence-corrected chi connectivity index (χ0v) is 8.67. The van der Waals surface area contributed by atoms with Crippen LogP contribution in [0.15, 0.2) is 28.7 Å². The number of rotatable bonds is 3. The Kier molecular flexibility index (Phi) is 3.72. The van der Waals surface area contributed by atoms with Crippen molar-refractivity contribution in [2.45, 2.75) is 6.29 Å². The van der Waals surface area contributed by atoms with Crippen molar-refractivity contribution in [2.24, 2.45) is 0 Å². The molecule has 0 aromatic heterocycles. The van der Waals surface area contributed by atoms with Crippen molar-refractivity contribution in [1.82, 2.24) is 0 Å². The molecule has 3 heteroatoms. The third kappa shape index (κ3) is 2.30. The molecule has 0 heterocycles. The van der Waals surface area contributed by atoms with Gasteiger partial charge in [-0.25, -0.2) is 0 Å². The summed E-state index contributed by atoms with van der Waals surface area (Å²) in [6.45, 7) is 0. The Morgan fingerprint density at radius 2 is 1.92 bits per heavy atom. The quantitative estimate of drug-likeness (QED) is 0.744. The van der Waals surface area contributed by atoms with Gasteiger partial charge in [0.1, 0.15) is 0 Å². The van der Waals surface area contributed by atoms with Crippen molar-refractivity contribution in [2.75, 3.05) is 14.2 Å². The van der Waals surface area contributed by atoms with Crippen LogP contribution in [0.2, 0.25) is 0 Å². The van der Waals surface area contributed by atoms with Gasteiger partial charge in [0.25, 0.3) is 0 Å². The molecule has 0 aliphatic rings. The van der Waals surface area contributed by atoms with Gasteiger partial charge in [-0.05, 0) is 12.1 Å². The van der Waals surface area contributed by atoms with Crippen molar-refractivity contribution in [3.8, 4) is 0 Å². The van der Waals surface area contributed by atoms with Crippen LogP contribution in [0.1, 0.15) is 11.9 Å². The third-order valence-electron chi connectivity index (χ3n) is 1.55. The van der Waals surface area contributed by atoms with Crippen molar-refractivity contribution in [3.63, 3.8) is 0 Å². The summed E-state index contributed by atoms with van der Waals surface area (Å²) in [6, 6.07) is 7.84. The highest BCUT2D eigenvalue weighted by atomic mass is 79.9. The van der Waals surface area contributed by atoms with Gasteiger partial charge in [0, 0.05) is 24.3 Å². The zero-order chi connectivity index (χ0) is 8.97. The molecule has 0 radical (unpaired) electrons. The van der Waals surface area contributed by atoms with Crippen LogP contribution in [0, 0.1) is 0 Å². The van der Waals surface area contributed by atoms with Crippen LogP contribution < -0.4 is 0 Å². The molecule has 0 aliphatic carbocycles. The Labute approximate surface area is 80.6 Å². The highest BCUT2D eigenvalue weighted by Gasteiger charge is 2.07. The molecule has 0 saturated carbocycles.